The number of aryl methyl sites for hydroxylation is 1. The Kier molecular flexibility index (Phi) is 2.70. The number of aromatic nitrogens is 2. The molecule has 0 spiro atoms. The third kappa shape index (κ3) is 1.93. The van der Waals surface area contributed by atoms with Crippen molar-refractivity contribution in [2.75, 3.05) is 0 Å². The second kappa shape index (κ2) is 4.50. The lowest BCUT2D eigenvalue weighted by molar-refractivity contribution is 0.824. The highest BCUT2D eigenvalue weighted by Gasteiger charge is 2.14. The first-order valence-electron chi connectivity index (χ1n) is 6.09. The van der Waals surface area contributed by atoms with Gasteiger partial charge in [0.1, 0.15) is 0 Å². The lowest BCUT2D eigenvalue weighted by Crippen LogP contribution is -2.02. The van der Waals surface area contributed by atoms with Crippen LogP contribution in [-0.4, -0.2) is 9.97 Å². The molecule has 0 radical (unpaired) electrons. The minimum Gasteiger partial charge on any atom is -0.345 e. The fraction of sp³-hybridized carbons (Fsp3) is 0.200. The smallest absolute Gasteiger partial charge is 0.0991 e. The molecule has 2 aromatic rings. The van der Waals surface area contributed by atoms with Gasteiger partial charge in [-0.1, -0.05) is 6.07 Å². The summed E-state index contributed by atoms with van der Waals surface area (Å²) in [5.41, 5.74) is 5.59. The first-order valence-corrected chi connectivity index (χ1v) is 6.09. The molecular weight excluding hydrogens is 222 g/mol. The summed E-state index contributed by atoms with van der Waals surface area (Å²) < 4.78 is 0. The van der Waals surface area contributed by atoms with Crippen molar-refractivity contribution in [1.82, 2.24) is 9.97 Å². The van der Waals surface area contributed by atoms with Gasteiger partial charge < -0.3 is 4.98 Å². The lowest BCUT2D eigenvalue weighted by Gasteiger charge is -2.19. The quantitative estimate of drug-likeness (QED) is 0.825. The van der Waals surface area contributed by atoms with Gasteiger partial charge in [-0.3, -0.25) is 0 Å². The summed E-state index contributed by atoms with van der Waals surface area (Å²) >= 11 is 0. The number of nitriles is 1. The maximum Gasteiger partial charge on any atom is 0.0991 e. The molecule has 1 aromatic heterocycles. The zero-order chi connectivity index (χ0) is 12.4. The van der Waals surface area contributed by atoms with E-state index < -0.39 is 0 Å². The Morgan fingerprint density at radius 2 is 2.28 bits per heavy atom. The molecule has 1 heterocycles. The van der Waals surface area contributed by atoms with E-state index in [1.54, 1.807) is 6.33 Å². The van der Waals surface area contributed by atoms with Crippen molar-refractivity contribution in [3.05, 3.63) is 53.1 Å². The molecule has 0 saturated heterocycles. The molecule has 0 saturated carbocycles. The zero-order valence-electron chi connectivity index (χ0n) is 9.98. The molecule has 3 nitrogen and oxygen atoms in total. The van der Waals surface area contributed by atoms with Gasteiger partial charge in [-0.2, -0.15) is 5.26 Å². The predicted molar refractivity (Wildman–Crippen MR) is 70.6 cm³/mol. The zero-order valence-corrected chi connectivity index (χ0v) is 9.98. The van der Waals surface area contributed by atoms with Crippen LogP contribution >= 0.6 is 0 Å². The number of nitrogens with zero attached hydrogens (tertiary/aromatic N) is 2. The van der Waals surface area contributed by atoms with Crippen LogP contribution in [0, 0.1) is 11.3 Å². The van der Waals surface area contributed by atoms with Gasteiger partial charge >= 0.3 is 0 Å². The Morgan fingerprint density at radius 1 is 1.33 bits per heavy atom. The number of imidazole rings is 1. The number of fused-ring (bicyclic) bond motifs is 1. The maximum atomic E-state index is 9.00. The molecule has 3 rings (SSSR count). The molecule has 1 aliphatic carbocycles. The standard InChI is InChI=1S/C15H13N3/c16-8-11-4-5-12-2-1-3-13(15(12)6-11)7-14-9-17-10-18-14/h4-7,9-10H,1-3H2,(H,17,18)/b13-7-. The number of rotatable bonds is 1. The van der Waals surface area contributed by atoms with Crippen LogP contribution in [0.3, 0.4) is 0 Å². The van der Waals surface area contributed by atoms with Crippen LogP contribution in [0.1, 0.15) is 35.2 Å². The second-order valence-electron chi connectivity index (χ2n) is 4.51. The third-order valence-electron chi connectivity index (χ3n) is 3.33. The molecule has 3 heteroatoms. The summed E-state index contributed by atoms with van der Waals surface area (Å²) in [4.78, 5) is 7.12. The fourth-order valence-corrected chi connectivity index (χ4v) is 2.45. The molecular formula is C15H13N3. The minimum atomic E-state index is 0.728. The predicted octanol–water partition coefficient (Wildman–Crippen LogP) is 3.16. The molecule has 0 amide bonds. The van der Waals surface area contributed by atoms with Crippen LogP contribution < -0.4 is 0 Å². The summed E-state index contributed by atoms with van der Waals surface area (Å²) in [5, 5.41) is 9.00. The van der Waals surface area contributed by atoms with E-state index in [4.69, 9.17) is 5.26 Å². The largest absolute Gasteiger partial charge is 0.345 e. The van der Waals surface area contributed by atoms with Gasteiger partial charge in [0.05, 0.1) is 29.9 Å². The molecule has 0 atom stereocenters. The number of hydrogen-bond donors (Lipinski definition) is 1. The summed E-state index contributed by atoms with van der Waals surface area (Å²) in [7, 11) is 0. The number of allylic oxidation sites excluding steroid dienone is 1. The van der Waals surface area contributed by atoms with Crippen molar-refractivity contribution in [2.24, 2.45) is 0 Å². The highest BCUT2D eigenvalue weighted by atomic mass is 14.8. The summed E-state index contributed by atoms with van der Waals surface area (Å²) in [6.07, 6.45) is 8.95. The van der Waals surface area contributed by atoms with Crippen LogP contribution in [-0.2, 0) is 6.42 Å². The van der Waals surface area contributed by atoms with Gasteiger partial charge in [0.2, 0.25) is 0 Å². The van der Waals surface area contributed by atoms with Crippen molar-refractivity contribution in [3.8, 4) is 6.07 Å². The van der Waals surface area contributed by atoms with Gasteiger partial charge in [0.15, 0.2) is 0 Å². The lowest BCUT2D eigenvalue weighted by atomic mass is 9.86. The van der Waals surface area contributed by atoms with Crippen molar-refractivity contribution >= 4 is 11.6 Å². The second-order valence-corrected chi connectivity index (χ2v) is 4.51. The molecule has 0 bridgehead atoms. The van der Waals surface area contributed by atoms with Crippen molar-refractivity contribution in [3.63, 3.8) is 0 Å². The molecule has 1 aromatic carbocycles. The van der Waals surface area contributed by atoms with E-state index in [2.05, 4.69) is 28.2 Å². The topological polar surface area (TPSA) is 52.5 Å². The van der Waals surface area contributed by atoms with E-state index in [1.165, 1.54) is 23.1 Å². The van der Waals surface area contributed by atoms with E-state index in [-0.39, 0.29) is 0 Å². The molecule has 1 aliphatic rings. The minimum absolute atomic E-state index is 0.728. The van der Waals surface area contributed by atoms with Crippen LogP contribution in [0.2, 0.25) is 0 Å². The van der Waals surface area contributed by atoms with Gasteiger partial charge in [-0.15, -0.1) is 0 Å². The number of benzene rings is 1. The molecule has 1 N–H and O–H groups in total. The molecule has 88 valence electrons. The van der Waals surface area contributed by atoms with E-state index in [0.717, 1.165) is 24.1 Å². The monoisotopic (exact) mass is 235 g/mol. The molecule has 0 fully saturated rings. The Morgan fingerprint density at radius 3 is 3.06 bits per heavy atom. The molecule has 0 aliphatic heterocycles. The van der Waals surface area contributed by atoms with E-state index in [9.17, 15) is 0 Å². The first-order chi connectivity index (χ1) is 8.86. The molecule has 18 heavy (non-hydrogen) atoms. The summed E-state index contributed by atoms with van der Waals surface area (Å²) in [6, 6.07) is 8.18. The Bertz CT molecular complexity index is 630. The fourth-order valence-electron chi connectivity index (χ4n) is 2.45. The van der Waals surface area contributed by atoms with Crippen molar-refractivity contribution in [1.29, 1.82) is 5.26 Å². The Hall–Kier alpha value is -2.34. The Labute approximate surface area is 106 Å². The van der Waals surface area contributed by atoms with Crippen LogP contribution in [0.15, 0.2) is 30.7 Å². The van der Waals surface area contributed by atoms with E-state index in [1.807, 2.05) is 18.3 Å². The third-order valence-corrected chi connectivity index (χ3v) is 3.33. The van der Waals surface area contributed by atoms with Crippen LogP contribution in [0.4, 0.5) is 0 Å². The highest BCUT2D eigenvalue weighted by Crippen LogP contribution is 2.32. The van der Waals surface area contributed by atoms with Crippen molar-refractivity contribution < 1.29 is 0 Å². The highest BCUT2D eigenvalue weighted by molar-refractivity contribution is 5.83. The SMILES string of the molecule is N#Cc1ccc2c(c1)/C(=C\c1cnc[nH]1)CCC2. The molecule has 0 unspecified atom stereocenters. The van der Waals surface area contributed by atoms with Gasteiger partial charge in [0.25, 0.3) is 0 Å². The average molecular weight is 235 g/mol. The van der Waals surface area contributed by atoms with E-state index in [0.29, 0.717) is 0 Å². The van der Waals surface area contributed by atoms with Crippen molar-refractivity contribution in [2.45, 2.75) is 19.3 Å². The first kappa shape index (κ1) is 10.8. The number of hydrogen-bond acceptors (Lipinski definition) is 2. The van der Waals surface area contributed by atoms with Crippen LogP contribution in [0.5, 0.6) is 0 Å². The maximum absolute atomic E-state index is 9.00. The number of nitrogens with one attached hydrogen (secondary N) is 1. The normalized spacial score (nSPS) is 16.3. The Balaban J connectivity index is 2.08. The average Bonchev–Trinajstić information content (AvgIpc) is 2.91. The number of H-pyrrole nitrogens is 1. The summed E-state index contributed by atoms with van der Waals surface area (Å²) in [5.74, 6) is 0. The van der Waals surface area contributed by atoms with Gasteiger partial charge in [-0.25, -0.2) is 4.98 Å². The van der Waals surface area contributed by atoms with Gasteiger partial charge in [0, 0.05) is 0 Å². The van der Waals surface area contributed by atoms with Gasteiger partial charge in [-0.05, 0) is 54.2 Å². The number of aromatic amines is 1. The van der Waals surface area contributed by atoms with E-state index >= 15 is 0 Å². The summed E-state index contributed by atoms with van der Waals surface area (Å²) in [6.45, 7) is 0. The van der Waals surface area contributed by atoms with Crippen LogP contribution in [0.25, 0.3) is 11.6 Å².